The van der Waals surface area contributed by atoms with Crippen molar-refractivity contribution < 1.29 is 19.0 Å². The van der Waals surface area contributed by atoms with Gasteiger partial charge >= 0.3 is 0 Å². The first kappa shape index (κ1) is 16.7. The Morgan fingerprint density at radius 3 is 2.60 bits per heavy atom. The summed E-state index contributed by atoms with van der Waals surface area (Å²) >= 11 is 0. The number of carbonyl (C=O) groups excluding carboxylic acids is 1. The maximum absolute atomic E-state index is 12.0. The van der Waals surface area contributed by atoms with Crippen LogP contribution in [0.3, 0.4) is 0 Å². The first-order valence-electron chi connectivity index (χ1n) is 7.02. The van der Waals surface area contributed by atoms with Crippen molar-refractivity contribution in [2.24, 2.45) is 0 Å². The first-order chi connectivity index (χ1) is 9.69. The Balaban J connectivity index is 2.32. The van der Waals surface area contributed by atoms with Crippen LogP contribution >= 0.6 is 0 Å². The number of rotatable bonds is 10. The minimum Gasteiger partial charge on any atom is -0.496 e. The van der Waals surface area contributed by atoms with Crippen LogP contribution in [0.5, 0.6) is 5.75 Å². The van der Waals surface area contributed by atoms with Crippen LogP contribution in [0.25, 0.3) is 0 Å². The Morgan fingerprint density at radius 1 is 1.15 bits per heavy atom. The minimum absolute atomic E-state index is 0.0521. The summed E-state index contributed by atoms with van der Waals surface area (Å²) in [7, 11) is 1.56. The van der Waals surface area contributed by atoms with Crippen LogP contribution in [-0.2, 0) is 9.47 Å². The lowest BCUT2D eigenvalue weighted by Gasteiger charge is -2.09. The van der Waals surface area contributed by atoms with Crippen LogP contribution < -0.4 is 4.74 Å². The predicted octanol–water partition coefficient (Wildman–Crippen LogP) is 3.02. The minimum atomic E-state index is -0.0737. The van der Waals surface area contributed by atoms with Gasteiger partial charge in [0.25, 0.3) is 0 Å². The van der Waals surface area contributed by atoms with E-state index in [-0.39, 0.29) is 12.4 Å². The highest BCUT2D eigenvalue weighted by Crippen LogP contribution is 2.20. The maximum Gasteiger partial charge on any atom is 0.192 e. The number of unbranched alkanes of at least 4 members (excludes halogenated alkanes) is 1. The molecule has 1 rings (SSSR count). The van der Waals surface area contributed by atoms with E-state index in [4.69, 9.17) is 14.2 Å². The molecule has 4 nitrogen and oxygen atoms in total. The number of methoxy groups -OCH3 is 1. The van der Waals surface area contributed by atoms with Crippen molar-refractivity contribution >= 4 is 5.78 Å². The quantitative estimate of drug-likeness (QED) is 0.488. The smallest absolute Gasteiger partial charge is 0.192 e. The average Bonchev–Trinajstić information content (AvgIpc) is 2.45. The third-order valence-corrected chi connectivity index (χ3v) is 2.90. The molecule has 0 aromatic heterocycles. The third kappa shape index (κ3) is 5.72. The molecule has 0 N–H and O–H groups in total. The number of Topliss-reactive ketones (excluding diaryl/α,β-unsaturated/α-hetero) is 1. The highest BCUT2D eigenvalue weighted by molar-refractivity contribution is 5.99. The normalized spacial score (nSPS) is 10.6. The summed E-state index contributed by atoms with van der Waals surface area (Å²) in [5.74, 6) is 0.521. The van der Waals surface area contributed by atoms with Gasteiger partial charge in [-0.05, 0) is 31.0 Å². The van der Waals surface area contributed by atoms with Gasteiger partial charge in [0.1, 0.15) is 12.4 Å². The highest BCUT2D eigenvalue weighted by atomic mass is 16.5. The predicted molar refractivity (Wildman–Crippen MR) is 78.6 cm³/mol. The standard InChI is InChI=1S/C16H24O4/c1-4-5-8-19-9-10-20-12-15(17)14-7-6-13(2)11-16(14)18-3/h6-7,11H,4-5,8-10,12H2,1-3H3. The van der Waals surface area contributed by atoms with Crippen molar-refractivity contribution in [3.8, 4) is 5.75 Å². The zero-order valence-electron chi connectivity index (χ0n) is 12.6. The third-order valence-electron chi connectivity index (χ3n) is 2.90. The van der Waals surface area contributed by atoms with Gasteiger partial charge in [-0.25, -0.2) is 0 Å². The molecule has 1 aromatic rings. The van der Waals surface area contributed by atoms with Crippen LogP contribution in [0.1, 0.15) is 35.7 Å². The number of ether oxygens (including phenoxy) is 3. The van der Waals surface area contributed by atoms with Gasteiger partial charge < -0.3 is 14.2 Å². The van der Waals surface area contributed by atoms with Crippen LogP contribution in [0.4, 0.5) is 0 Å². The molecular weight excluding hydrogens is 256 g/mol. The van der Waals surface area contributed by atoms with Gasteiger partial charge in [-0.1, -0.05) is 19.4 Å². The molecule has 0 aliphatic rings. The fourth-order valence-electron chi connectivity index (χ4n) is 1.74. The Morgan fingerprint density at radius 2 is 1.90 bits per heavy atom. The average molecular weight is 280 g/mol. The zero-order chi connectivity index (χ0) is 14.8. The maximum atomic E-state index is 12.0. The fraction of sp³-hybridized carbons (Fsp3) is 0.562. The van der Waals surface area contributed by atoms with E-state index in [0.717, 1.165) is 25.0 Å². The molecule has 1 aromatic carbocycles. The van der Waals surface area contributed by atoms with Crippen molar-refractivity contribution in [3.63, 3.8) is 0 Å². The lowest BCUT2D eigenvalue weighted by molar-refractivity contribution is 0.0431. The summed E-state index contributed by atoms with van der Waals surface area (Å²) in [4.78, 5) is 12.0. The molecule has 0 heterocycles. The molecule has 0 saturated carbocycles. The molecular formula is C16H24O4. The van der Waals surface area contributed by atoms with Gasteiger partial charge in [0.05, 0.1) is 25.9 Å². The molecule has 0 amide bonds. The number of hydrogen-bond acceptors (Lipinski definition) is 4. The largest absolute Gasteiger partial charge is 0.496 e. The van der Waals surface area contributed by atoms with E-state index >= 15 is 0 Å². The van der Waals surface area contributed by atoms with Gasteiger partial charge in [0.15, 0.2) is 5.78 Å². The van der Waals surface area contributed by atoms with Crippen LogP contribution in [0.2, 0.25) is 0 Å². The second kappa shape index (κ2) is 9.50. The number of ketones is 1. The van der Waals surface area contributed by atoms with E-state index in [0.29, 0.717) is 24.5 Å². The zero-order valence-corrected chi connectivity index (χ0v) is 12.6. The molecule has 0 aliphatic heterocycles. The van der Waals surface area contributed by atoms with Crippen molar-refractivity contribution in [2.45, 2.75) is 26.7 Å². The van der Waals surface area contributed by atoms with Gasteiger partial charge in [-0.15, -0.1) is 0 Å². The Hall–Kier alpha value is -1.39. The van der Waals surface area contributed by atoms with Crippen molar-refractivity contribution in [1.82, 2.24) is 0 Å². The molecule has 0 saturated heterocycles. The van der Waals surface area contributed by atoms with Crippen LogP contribution in [0.15, 0.2) is 18.2 Å². The van der Waals surface area contributed by atoms with Gasteiger partial charge in [-0.3, -0.25) is 4.79 Å². The Kier molecular flexibility index (Phi) is 7.92. The van der Waals surface area contributed by atoms with Crippen molar-refractivity contribution in [3.05, 3.63) is 29.3 Å². The second-order valence-corrected chi connectivity index (χ2v) is 4.65. The summed E-state index contributed by atoms with van der Waals surface area (Å²) in [6.45, 7) is 5.84. The number of carbonyl (C=O) groups is 1. The van der Waals surface area contributed by atoms with E-state index in [1.165, 1.54) is 0 Å². The monoisotopic (exact) mass is 280 g/mol. The van der Waals surface area contributed by atoms with Crippen LogP contribution in [-0.4, -0.2) is 39.3 Å². The molecule has 0 aliphatic carbocycles. The summed E-state index contributed by atoms with van der Waals surface area (Å²) in [5, 5.41) is 0. The molecule has 0 fully saturated rings. The number of hydrogen-bond donors (Lipinski definition) is 0. The highest BCUT2D eigenvalue weighted by Gasteiger charge is 2.12. The van der Waals surface area contributed by atoms with E-state index < -0.39 is 0 Å². The summed E-state index contributed by atoms with van der Waals surface area (Å²) in [6, 6.07) is 5.52. The molecule has 20 heavy (non-hydrogen) atoms. The number of benzene rings is 1. The molecule has 0 spiro atoms. The lowest BCUT2D eigenvalue weighted by atomic mass is 10.1. The van der Waals surface area contributed by atoms with Crippen molar-refractivity contribution in [1.29, 1.82) is 0 Å². The Bertz CT molecular complexity index is 415. The molecule has 0 atom stereocenters. The molecule has 0 bridgehead atoms. The lowest BCUT2D eigenvalue weighted by Crippen LogP contribution is -2.13. The van der Waals surface area contributed by atoms with E-state index in [9.17, 15) is 4.79 Å². The first-order valence-corrected chi connectivity index (χ1v) is 7.02. The summed E-state index contributed by atoms with van der Waals surface area (Å²) in [6.07, 6.45) is 2.17. The molecule has 4 heteroatoms. The van der Waals surface area contributed by atoms with Gasteiger partial charge in [-0.2, -0.15) is 0 Å². The van der Waals surface area contributed by atoms with Gasteiger partial charge in [0.2, 0.25) is 0 Å². The summed E-state index contributed by atoms with van der Waals surface area (Å²) < 4.78 is 15.9. The molecule has 0 unspecified atom stereocenters. The molecule has 0 radical (unpaired) electrons. The summed E-state index contributed by atoms with van der Waals surface area (Å²) in [5.41, 5.74) is 1.62. The van der Waals surface area contributed by atoms with Gasteiger partial charge in [0, 0.05) is 6.61 Å². The van der Waals surface area contributed by atoms with Crippen LogP contribution in [0, 0.1) is 6.92 Å². The van der Waals surface area contributed by atoms with Crippen molar-refractivity contribution in [2.75, 3.05) is 33.5 Å². The van der Waals surface area contributed by atoms with E-state index in [1.54, 1.807) is 13.2 Å². The fourth-order valence-corrected chi connectivity index (χ4v) is 1.74. The topological polar surface area (TPSA) is 44.8 Å². The SMILES string of the molecule is CCCCOCCOCC(=O)c1ccc(C)cc1OC. The van der Waals surface area contributed by atoms with E-state index in [2.05, 4.69) is 6.92 Å². The second-order valence-electron chi connectivity index (χ2n) is 4.65. The van der Waals surface area contributed by atoms with E-state index in [1.807, 2.05) is 19.1 Å². The number of aryl methyl sites for hydroxylation is 1. The molecule has 112 valence electrons. The Labute approximate surface area is 121 Å².